The molecule has 4 rings (SSSR count). The summed E-state index contributed by atoms with van der Waals surface area (Å²) in [6, 6.07) is 11.7. The third kappa shape index (κ3) is 5.89. The number of nitrogens with zero attached hydrogens (tertiary/aromatic N) is 5. The van der Waals surface area contributed by atoms with Crippen LogP contribution in [0.25, 0.3) is 11.3 Å². The van der Waals surface area contributed by atoms with E-state index in [9.17, 15) is 10.0 Å². The molecule has 5 N–H and O–H groups in total. The number of nitrogens with two attached hydrogens (primary N) is 1. The molecule has 1 saturated heterocycles. The van der Waals surface area contributed by atoms with Crippen molar-refractivity contribution in [3.8, 4) is 11.3 Å². The highest BCUT2D eigenvalue weighted by Crippen LogP contribution is 2.36. The predicted octanol–water partition coefficient (Wildman–Crippen LogP) is 3.53. The number of pyridine rings is 2. The van der Waals surface area contributed by atoms with E-state index in [-0.39, 0.29) is 22.6 Å². The highest BCUT2D eigenvalue weighted by Gasteiger charge is 2.26. The molecule has 1 aliphatic heterocycles. The lowest BCUT2D eigenvalue weighted by atomic mass is 10.1. The van der Waals surface area contributed by atoms with Crippen LogP contribution in [0.15, 0.2) is 42.5 Å². The molecule has 1 fully saturated rings. The smallest absolute Gasteiger partial charge is 0.241 e. The van der Waals surface area contributed by atoms with Gasteiger partial charge in [0.2, 0.25) is 5.91 Å². The third-order valence-corrected chi connectivity index (χ3v) is 6.16. The molecule has 0 bridgehead atoms. The predicted molar refractivity (Wildman–Crippen MR) is 143 cm³/mol. The number of anilines is 5. The summed E-state index contributed by atoms with van der Waals surface area (Å²) >= 11 is 12.6. The van der Waals surface area contributed by atoms with Gasteiger partial charge >= 0.3 is 0 Å². The molecule has 1 amide bonds. The molecule has 190 valence electrons. The van der Waals surface area contributed by atoms with E-state index in [1.54, 1.807) is 23.1 Å². The molecule has 2 aromatic heterocycles. The van der Waals surface area contributed by atoms with Crippen molar-refractivity contribution in [1.29, 1.82) is 0 Å². The van der Waals surface area contributed by atoms with Crippen molar-refractivity contribution >= 4 is 57.9 Å². The van der Waals surface area contributed by atoms with Crippen LogP contribution < -0.4 is 26.5 Å². The van der Waals surface area contributed by atoms with Gasteiger partial charge < -0.3 is 31.7 Å². The topological polar surface area (TPSA) is 146 Å². The summed E-state index contributed by atoms with van der Waals surface area (Å²) in [5.74, 6) is 0.935. The summed E-state index contributed by atoms with van der Waals surface area (Å²) in [5, 5.41) is 26.9. The van der Waals surface area contributed by atoms with E-state index in [1.807, 2.05) is 24.1 Å². The first-order valence-electron chi connectivity index (χ1n) is 11.1. The van der Waals surface area contributed by atoms with Crippen LogP contribution in [0.2, 0.25) is 10.0 Å². The quantitative estimate of drug-likeness (QED) is 0.251. The first-order chi connectivity index (χ1) is 17.2. The van der Waals surface area contributed by atoms with E-state index in [4.69, 9.17) is 39.1 Å². The fraction of sp³-hybridized carbons (Fsp3) is 0.261. The minimum absolute atomic E-state index is 0.0131. The average Bonchev–Trinajstić information content (AvgIpc) is 2.82. The number of nitrogens with one attached hydrogen (secondary N) is 2. The Labute approximate surface area is 218 Å². The second-order valence-electron chi connectivity index (χ2n) is 8.20. The van der Waals surface area contributed by atoms with E-state index in [2.05, 4.69) is 15.6 Å². The molecule has 0 unspecified atom stereocenters. The van der Waals surface area contributed by atoms with Gasteiger partial charge in [0, 0.05) is 36.8 Å². The number of halogens is 2. The molecule has 1 aromatic carbocycles. The maximum absolute atomic E-state index is 12.8. The Morgan fingerprint density at radius 2 is 1.78 bits per heavy atom. The van der Waals surface area contributed by atoms with Crippen LogP contribution in [0.1, 0.15) is 0 Å². The summed E-state index contributed by atoms with van der Waals surface area (Å²) in [5.41, 5.74) is 7.46. The fourth-order valence-corrected chi connectivity index (χ4v) is 4.30. The van der Waals surface area contributed by atoms with Crippen LogP contribution in [0, 0.1) is 5.21 Å². The first-order valence-corrected chi connectivity index (χ1v) is 11.8. The number of aromatic nitrogens is 2. The van der Waals surface area contributed by atoms with Crippen molar-refractivity contribution in [2.24, 2.45) is 0 Å². The molecule has 13 heteroatoms. The van der Waals surface area contributed by atoms with Crippen molar-refractivity contribution in [3.63, 3.8) is 0 Å². The highest BCUT2D eigenvalue weighted by atomic mass is 35.5. The van der Waals surface area contributed by atoms with Crippen LogP contribution in [0.3, 0.4) is 0 Å². The zero-order chi connectivity index (χ0) is 25.8. The lowest BCUT2D eigenvalue weighted by Gasteiger charge is -2.33. The molecule has 36 heavy (non-hydrogen) atoms. The maximum Gasteiger partial charge on any atom is 0.241 e. The molecule has 3 aromatic rings. The monoisotopic (exact) mass is 531 g/mol. The number of carbonyl (C=O) groups is 1. The summed E-state index contributed by atoms with van der Waals surface area (Å²) in [4.78, 5) is 25.3. The van der Waals surface area contributed by atoms with Crippen molar-refractivity contribution in [1.82, 2.24) is 14.9 Å². The largest absolute Gasteiger partial charge is 0.733 e. The van der Waals surface area contributed by atoms with Gasteiger partial charge in [-0.05, 0) is 49.5 Å². The molecule has 3 heterocycles. The van der Waals surface area contributed by atoms with Crippen LogP contribution in [-0.2, 0) is 4.79 Å². The van der Waals surface area contributed by atoms with E-state index < -0.39 is 0 Å². The number of likely N-dealkylation sites (N-methyl/N-ethyl adjacent to an activating group) is 1. The van der Waals surface area contributed by atoms with Gasteiger partial charge in [0.05, 0.1) is 28.6 Å². The molecular formula is C23H25Cl2N8O3-. The summed E-state index contributed by atoms with van der Waals surface area (Å²) in [6.07, 6.45) is 0. The number of rotatable bonds is 8. The Morgan fingerprint density at radius 1 is 1.08 bits per heavy atom. The Morgan fingerprint density at radius 3 is 2.42 bits per heavy atom. The van der Waals surface area contributed by atoms with E-state index in [0.29, 0.717) is 64.8 Å². The number of benzene rings is 1. The van der Waals surface area contributed by atoms with Crippen molar-refractivity contribution < 1.29 is 10.0 Å². The van der Waals surface area contributed by atoms with Gasteiger partial charge in [0.1, 0.15) is 11.6 Å². The number of amides is 1. The van der Waals surface area contributed by atoms with Gasteiger partial charge in [-0.15, -0.1) is 0 Å². The molecule has 0 spiro atoms. The van der Waals surface area contributed by atoms with Crippen molar-refractivity contribution in [2.45, 2.75) is 0 Å². The van der Waals surface area contributed by atoms with Gasteiger partial charge in [-0.2, -0.15) is 0 Å². The van der Waals surface area contributed by atoms with Crippen molar-refractivity contribution in [3.05, 3.63) is 57.7 Å². The minimum Gasteiger partial charge on any atom is -0.733 e. The second kappa shape index (κ2) is 11.1. The minimum atomic E-state index is -0.330. The molecule has 0 aliphatic carbocycles. The van der Waals surface area contributed by atoms with Gasteiger partial charge in [-0.3, -0.25) is 14.9 Å². The van der Waals surface area contributed by atoms with Gasteiger partial charge in [-0.25, -0.2) is 9.97 Å². The highest BCUT2D eigenvalue weighted by molar-refractivity contribution is 6.36. The first kappa shape index (κ1) is 25.7. The number of carbonyl (C=O) groups excluding carboxylic acids is 1. The molecule has 0 radical (unpaired) electrons. The summed E-state index contributed by atoms with van der Waals surface area (Å²) in [7, 11) is 1.91. The average molecular weight is 532 g/mol. The Hall–Kier alpha value is -3.35. The number of hydrogen-bond donors (Lipinski definition) is 4. The van der Waals surface area contributed by atoms with Gasteiger partial charge in [-0.1, -0.05) is 23.2 Å². The molecular weight excluding hydrogens is 507 g/mol. The van der Waals surface area contributed by atoms with E-state index in [0.717, 1.165) is 6.54 Å². The molecule has 0 saturated carbocycles. The zero-order valence-corrected chi connectivity index (χ0v) is 20.9. The standard InChI is InChI=1S/C23H25Cl2N8O3/c1-31-10-11-32(21(34)13-31)17-4-6-19(29-22(17)15-3-2-14(24)12-16(15)25)27-8-9-28-20-7-5-18(33(35)36)23(26)30-20/h2-7,12,35H,8-11,13H2,1H3,(H,27,29)(H3,26,28,30)/q-1. The molecule has 11 nitrogen and oxygen atoms in total. The van der Waals surface area contributed by atoms with Crippen LogP contribution in [0.5, 0.6) is 0 Å². The molecule has 1 aliphatic rings. The Balaban J connectivity index is 1.51. The zero-order valence-electron chi connectivity index (χ0n) is 19.4. The fourth-order valence-electron chi connectivity index (χ4n) is 3.80. The lowest BCUT2D eigenvalue weighted by molar-refractivity contribution is -0.120. The second-order valence-corrected chi connectivity index (χ2v) is 9.04. The number of hydrogen-bond acceptors (Lipinski definition) is 10. The maximum atomic E-state index is 12.8. The summed E-state index contributed by atoms with van der Waals surface area (Å²) < 4.78 is 0. The SMILES string of the molecule is CN1CCN(c2ccc(NCCNc3ccc(N([O-])O)c(N)n3)nc2-c2ccc(Cl)cc2Cl)C(=O)C1. The van der Waals surface area contributed by atoms with Gasteiger partial charge in [0.15, 0.2) is 5.82 Å². The summed E-state index contributed by atoms with van der Waals surface area (Å²) in [6.45, 7) is 2.55. The van der Waals surface area contributed by atoms with Crippen LogP contribution in [0.4, 0.5) is 28.8 Å². The van der Waals surface area contributed by atoms with Crippen molar-refractivity contribution in [2.75, 3.05) is 66.3 Å². The third-order valence-electron chi connectivity index (χ3n) is 5.61. The molecule has 0 atom stereocenters. The normalized spacial score (nSPS) is 14.1. The number of piperazine rings is 1. The Bertz CT molecular complexity index is 1260. The Kier molecular flexibility index (Phi) is 7.97. The van der Waals surface area contributed by atoms with Crippen LogP contribution in [-0.4, -0.2) is 65.8 Å². The van der Waals surface area contributed by atoms with E-state index >= 15 is 0 Å². The van der Waals surface area contributed by atoms with Gasteiger partial charge in [0.25, 0.3) is 0 Å². The number of nitrogen functional groups attached to an aromatic ring is 1. The lowest BCUT2D eigenvalue weighted by Crippen LogP contribution is -2.49. The van der Waals surface area contributed by atoms with E-state index in [1.165, 1.54) is 12.1 Å². The van der Waals surface area contributed by atoms with Crippen LogP contribution >= 0.6 is 23.2 Å².